The van der Waals surface area contributed by atoms with Gasteiger partial charge in [0.2, 0.25) is 11.9 Å². The van der Waals surface area contributed by atoms with Crippen molar-refractivity contribution in [3.05, 3.63) is 0 Å². The van der Waals surface area contributed by atoms with E-state index in [0.717, 1.165) is 12.8 Å². The van der Waals surface area contributed by atoms with Gasteiger partial charge in [0.1, 0.15) is 0 Å². The third-order valence-corrected chi connectivity index (χ3v) is 2.65. The van der Waals surface area contributed by atoms with Crippen LogP contribution < -0.4 is 15.4 Å². The van der Waals surface area contributed by atoms with Crippen LogP contribution in [0.25, 0.3) is 0 Å². The van der Waals surface area contributed by atoms with Gasteiger partial charge < -0.3 is 20.5 Å². The van der Waals surface area contributed by atoms with Gasteiger partial charge in [-0.05, 0) is 19.8 Å². The van der Waals surface area contributed by atoms with Crippen LogP contribution in [0.15, 0.2) is 0 Å². The van der Waals surface area contributed by atoms with E-state index in [1.54, 1.807) is 7.05 Å². The molecule has 0 amide bonds. The van der Waals surface area contributed by atoms with Crippen LogP contribution >= 0.6 is 0 Å². The molecule has 3 N–H and O–H groups in total. The molecule has 2 rings (SSSR count). The first-order valence-electron chi connectivity index (χ1n) is 5.67. The van der Waals surface area contributed by atoms with E-state index in [4.69, 9.17) is 4.74 Å². The van der Waals surface area contributed by atoms with Gasteiger partial charge in [0.25, 0.3) is 0 Å². The third-order valence-electron chi connectivity index (χ3n) is 2.65. The number of ether oxygens (including phenoxy) is 1. The number of hydrogen-bond acceptors (Lipinski definition) is 7. The molecule has 1 aliphatic carbocycles. The summed E-state index contributed by atoms with van der Waals surface area (Å²) in [4.78, 5) is 12.4. The molecule has 1 aromatic heterocycles. The van der Waals surface area contributed by atoms with Gasteiger partial charge in [0.15, 0.2) is 0 Å². The molecule has 0 radical (unpaired) electrons. The standard InChI is InChI=1S/C10H17N5O2/c1-3-17-9-13-7(11-2)12-8(14-9)15-10(6-16)4-5-10/h16H,3-6H2,1-2H3,(H2,11,12,13,14,15). The molecule has 0 aliphatic heterocycles. The lowest BCUT2D eigenvalue weighted by atomic mass is 10.3. The Morgan fingerprint density at radius 2 is 2.00 bits per heavy atom. The molecule has 1 aromatic rings. The van der Waals surface area contributed by atoms with Crippen molar-refractivity contribution in [1.82, 2.24) is 15.0 Å². The highest BCUT2D eigenvalue weighted by Crippen LogP contribution is 2.37. The van der Waals surface area contributed by atoms with Crippen LogP contribution in [0.5, 0.6) is 6.01 Å². The molecular formula is C10H17N5O2. The summed E-state index contributed by atoms with van der Waals surface area (Å²) in [5, 5.41) is 15.2. The molecular weight excluding hydrogens is 222 g/mol. The Hall–Kier alpha value is -1.63. The first-order valence-corrected chi connectivity index (χ1v) is 5.67. The van der Waals surface area contributed by atoms with E-state index in [1.807, 2.05) is 6.92 Å². The lowest BCUT2D eigenvalue weighted by molar-refractivity contribution is 0.265. The Balaban J connectivity index is 2.17. The van der Waals surface area contributed by atoms with Gasteiger partial charge in [0.05, 0.1) is 18.8 Å². The third kappa shape index (κ3) is 2.73. The molecule has 0 saturated heterocycles. The van der Waals surface area contributed by atoms with E-state index in [0.29, 0.717) is 18.5 Å². The van der Waals surface area contributed by atoms with Gasteiger partial charge in [-0.25, -0.2) is 0 Å². The zero-order chi connectivity index (χ0) is 12.3. The summed E-state index contributed by atoms with van der Waals surface area (Å²) >= 11 is 0. The second-order valence-electron chi connectivity index (χ2n) is 4.01. The smallest absolute Gasteiger partial charge is 0.323 e. The molecule has 1 saturated carbocycles. The van der Waals surface area contributed by atoms with Gasteiger partial charge >= 0.3 is 6.01 Å². The minimum absolute atomic E-state index is 0.0809. The number of aliphatic hydroxyl groups is 1. The van der Waals surface area contributed by atoms with Crippen molar-refractivity contribution in [2.75, 3.05) is 30.9 Å². The van der Waals surface area contributed by atoms with Crippen molar-refractivity contribution >= 4 is 11.9 Å². The topological polar surface area (TPSA) is 92.2 Å². The second kappa shape index (κ2) is 4.70. The van der Waals surface area contributed by atoms with Crippen LogP contribution in [-0.4, -0.2) is 45.9 Å². The fourth-order valence-corrected chi connectivity index (χ4v) is 1.43. The Morgan fingerprint density at radius 1 is 1.29 bits per heavy atom. The largest absolute Gasteiger partial charge is 0.464 e. The summed E-state index contributed by atoms with van der Waals surface area (Å²) in [6, 6.07) is 0.281. The van der Waals surface area contributed by atoms with Gasteiger partial charge in [-0.2, -0.15) is 15.0 Å². The molecule has 0 atom stereocenters. The Morgan fingerprint density at radius 3 is 2.53 bits per heavy atom. The van der Waals surface area contributed by atoms with Crippen molar-refractivity contribution in [2.24, 2.45) is 0 Å². The molecule has 0 aromatic carbocycles. The average molecular weight is 239 g/mol. The predicted molar refractivity (Wildman–Crippen MR) is 63.2 cm³/mol. The Labute approximate surface area is 99.6 Å². The maximum atomic E-state index is 9.24. The van der Waals surface area contributed by atoms with Gasteiger partial charge in [-0.3, -0.25) is 0 Å². The summed E-state index contributed by atoms with van der Waals surface area (Å²) in [6.45, 7) is 2.45. The van der Waals surface area contributed by atoms with Gasteiger partial charge in [0, 0.05) is 7.05 Å². The minimum atomic E-state index is -0.254. The van der Waals surface area contributed by atoms with Gasteiger partial charge in [-0.15, -0.1) is 0 Å². The quantitative estimate of drug-likeness (QED) is 0.655. The van der Waals surface area contributed by atoms with E-state index < -0.39 is 0 Å². The number of anilines is 2. The van der Waals surface area contributed by atoms with Crippen LogP contribution in [-0.2, 0) is 0 Å². The van der Waals surface area contributed by atoms with Crippen LogP contribution in [0.4, 0.5) is 11.9 Å². The molecule has 1 heterocycles. The molecule has 0 unspecified atom stereocenters. The van der Waals surface area contributed by atoms with Gasteiger partial charge in [-0.1, -0.05) is 0 Å². The minimum Gasteiger partial charge on any atom is -0.464 e. The zero-order valence-electron chi connectivity index (χ0n) is 10.0. The molecule has 7 heteroatoms. The first-order chi connectivity index (χ1) is 8.21. The zero-order valence-corrected chi connectivity index (χ0v) is 10.0. The number of hydrogen-bond donors (Lipinski definition) is 3. The number of nitrogens with one attached hydrogen (secondary N) is 2. The Bertz CT molecular complexity index is 394. The molecule has 1 fully saturated rings. The van der Waals surface area contributed by atoms with E-state index >= 15 is 0 Å². The van der Waals surface area contributed by atoms with E-state index in [-0.39, 0.29) is 18.2 Å². The highest BCUT2D eigenvalue weighted by atomic mass is 16.5. The van der Waals surface area contributed by atoms with Crippen LogP contribution in [0, 0.1) is 0 Å². The SMILES string of the molecule is CCOc1nc(NC)nc(NC2(CO)CC2)n1. The number of aromatic nitrogens is 3. The number of rotatable bonds is 6. The maximum Gasteiger partial charge on any atom is 0.323 e. The maximum absolute atomic E-state index is 9.24. The fourth-order valence-electron chi connectivity index (χ4n) is 1.43. The normalized spacial score (nSPS) is 16.4. The number of nitrogens with zero attached hydrogens (tertiary/aromatic N) is 3. The van der Waals surface area contributed by atoms with Crippen molar-refractivity contribution in [3.63, 3.8) is 0 Å². The summed E-state index contributed by atoms with van der Waals surface area (Å²) in [5.41, 5.74) is -0.254. The Kier molecular flexibility index (Phi) is 3.28. The van der Waals surface area contributed by atoms with Crippen molar-refractivity contribution in [3.8, 4) is 6.01 Å². The average Bonchev–Trinajstić information content (AvgIpc) is 3.09. The molecule has 0 bridgehead atoms. The first kappa shape index (κ1) is 11.8. The van der Waals surface area contributed by atoms with E-state index in [2.05, 4.69) is 25.6 Å². The fraction of sp³-hybridized carbons (Fsp3) is 0.700. The molecule has 0 spiro atoms. The lowest BCUT2D eigenvalue weighted by Gasteiger charge is -2.15. The molecule has 94 valence electrons. The van der Waals surface area contributed by atoms with Crippen LogP contribution in [0.2, 0.25) is 0 Å². The second-order valence-corrected chi connectivity index (χ2v) is 4.01. The summed E-state index contributed by atoms with van der Waals surface area (Å²) in [7, 11) is 1.73. The highest BCUT2D eigenvalue weighted by Gasteiger charge is 2.42. The van der Waals surface area contributed by atoms with E-state index in [9.17, 15) is 5.11 Å². The lowest BCUT2D eigenvalue weighted by Crippen LogP contribution is -2.27. The van der Waals surface area contributed by atoms with Crippen LogP contribution in [0.3, 0.4) is 0 Å². The van der Waals surface area contributed by atoms with Crippen LogP contribution in [0.1, 0.15) is 19.8 Å². The number of aliphatic hydroxyl groups excluding tert-OH is 1. The van der Waals surface area contributed by atoms with Crippen molar-refractivity contribution < 1.29 is 9.84 Å². The summed E-state index contributed by atoms with van der Waals surface area (Å²) in [5.74, 6) is 0.874. The molecule has 7 nitrogen and oxygen atoms in total. The molecule has 17 heavy (non-hydrogen) atoms. The van der Waals surface area contributed by atoms with Crippen molar-refractivity contribution in [1.29, 1.82) is 0 Å². The highest BCUT2D eigenvalue weighted by molar-refractivity contribution is 5.39. The molecule has 1 aliphatic rings. The van der Waals surface area contributed by atoms with Crippen molar-refractivity contribution in [2.45, 2.75) is 25.3 Å². The summed E-state index contributed by atoms with van der Waals surface area (Å²) in [6.07, 6.45) is 1.85. The van der Waals surface area contributed by atoms with E-state index in [1.165, 1.54) is 0 Å². The summed E-state index contributed by atoms with van der Waals surface area (Å²) < 4.78 is 5.25. The predicted octanol–water partition coefficient (Wildman–Crippen LogP) is 0.249. The monoisotopic (exact) mass is 239 g/mol.